The number of hydrogen-bond acceptors (Lipinski definition) is 2. The second kappa shape index (κ2) is 5.71. The SMILES string of the molecule is CC(C)(C)[Si](C)(C)Oc1cccc(NC(=O)C(F)(F)F)c1. The maximum absolute atomic E-state index is 12.2. The molecular formula is C14H20F3NO2Si. The van der Waals surface area contributed by atoms with Crippen LogP contribution in [-0.2, 0) is 4.79 Å². The van der Waals surface area contributed by atoms with Crippen molar-refractivity contribution in [3.05, 3.63) is 24.3 Å². The highest BCUT2D eigenvalue weighted by Gasteiger charge is 2.40. The van der Waals surface area contributed by atoms with Gasteiger partial charge in [-0.25, -0.2) is 0 Å². The van der Waals surface area contributed by atoms with Crippen LogP contribution in [0.5, 0.6) is 5.75 Å². The minimum absolute atomic E-state index is 0.0295. The summed E-state index contributed by atoms with van der Waals surface area (Å²) < 4.78 is 42.7. The molecule has 0 aliphatic rings. The van der Waals surface area contributed by atoms with E-state index in [0.717, 1.165) is 0 Å². The zero-order chi connectivity index (χ0) is 16.5. The molecular weight excluding hydrogens is 299 g/mol. The van der Waals surface area contributed by atoms with Crippen molar-refractivity contribution < 1.29 is 22.4 Å². The van der Waals surface area contributed by atoms with E-state index in [0.29, 0.717) is 5.75 Å². The van der Waals surface area contributed by atoms with Crippen molar-refractivity contribution >= 4 is 19.9 Å². The largest absolute Gasteiger partial charge is 0.543 e. The van der Waals surface area contributed by atoms with E-state index < -0.39 is 20.4 Å². The Balaban J connectivity index is 2.90. The normalized spacial score (nSPS) is 13.0. The van der Waals surface area contributed by atoms with Crippen LogP contribution in [0, 0.1) is 0 Å². The van der Waals surface area contributed by atoms with Crippen LogP contribution in [0.1, 0.15) is 20.8 Å². The molecule has 0 spiro atoms. The molecule has 0 atom stereocenters. The highest BCUT2D eigenvalue weighted by molar-refractivity contribution is 6.74. The molecule has 0 radical (unpaired) electrons. The maximum atomic E-state index is 12.2. The van der Waals surface area contributed by atoms with E-state index in [2.05, 4.69) is 20.8 Å². The van der Waals surface area contributed by atoms with Gasteiger partial charge in [-0.1, -0.05) is 26.8 Å². The van der Waals surface area contributed by atoms with Gasteiger partial charge in [-0.3, -0.25) is 4.79 Å². The number of benzene rings is 1. The third kappa shape index (κ3) is 4.77. The Morgan fingerprint density at radius 1 is 1.19 bits per heavy atom. The van der Waals surface area contributed by atoms with Crippen LogP contribution < -0.4 is 9.74 Å². The molecule has 0 bridgehead atoms. The van der Waals surface area contributed by atoms with Gasteiger partial charge < -0.3 is 9.74 Å². The third-order valence-corrected chi connectivity index (χ3v) is 7.89. The lowest BCUT2D eigenvalue weighted by Gasteiger charge is -2.36. The summed E-state index contributed by atoms with van der Waals surface area (Å²) >= 11 is 0. The first-order valence-electron chi connectivity index (χ1n) is 6.50. The van der Waals surface area contributed by atoms with Crippen molar-refractivity contribution in [3.8, 4) is 5.75 Å². The summed E-state index contributed by atoms with van der Waals surface area (Å²) in [4.78, 5) is 10.9. The van der Waals surface area contributed by atoms with Gasteiger partial charge in [0.1, 0.15) is 5.75 Å². The fourth-order valence-corrected chi connectivity index (χ4v) is 2.31. The van der Waals surface area contributed by atoms with E-state index in [9.17, 15) is 18.0 Å². The fraction of sp³-hybridized carbons (Fsp3) is 0.500. The molecule has 0 saturated carbocycles. The predicted molar refractivity (Wildman–Crippen MR) is 79.0 cm³/mol. The molecule has 1 aromatic rings. The van der Waals surface area contributed by atoms with Gasteiger partial charge in [-0.05, 0) is 30.3 Å². The first-order valence-corrected chi connectivity index (χ1v) is 9.41. The standard InChI is InChI=1S/C14H20F3NO2Si/c1-13(2,3)21(4,5)20-11-8-6-7-10(9-11)18-12(19)14(15,16)17/h6-9H,1-5H3,(H,18,19). The first-order chi connectivity index (χ1) is 9.33. The Morgan fingerprint density at radius 3 is 2.24 bits per heavy atom. The molecule has 0 aliphatic heterocycles. The van der Waals surface area contributed by atoms with E-state index in [-0.39, 0.29) is 10.7 Å². The van der Waals surface area contributed by atoms with Gasteiger partial charge in [0.05, 0.1) is 0 Å². The third-order valence-electron chi connectivity index (χ3n) is 3.53. The van der Waals surface area contributed by atoms with E-state index in [1.54, 1.807) is 12.1 Å². The molecule has 1 amide bonds. The summed E-state index contributed by atoms with van der Waals surface area (Å²) in [6.07, 6.45) is -4.91. The van der Waals surface area contributed by atoms with Crippen molar-refractivity contribution in [2.75, 3.05) is 5.32 Å². The minimum atomic E-state index is -4.91. The summed E-state index contributed by atoms with van der Waals surface area (Å²) in [7, 11) is -2.08. The Bertz CT molecular complexity index is 522. The van der Waals surface area contributed by atoms with Gasteiger partial charge in [0.2, 0.25) is 8.32 Å². The summed E-state index contributed by atoms with van der Waals surface area (Å²) in [5, 5.41) is 1.79. The zero-order valence-electron chi connectivity index (χ0n) is 12.8. The minimum Gasteiger partial charge on any atom is -0.543 e. The van der Waals surface area contributed by atoms with Crippen LogP contribution in [0.3, 0.4) is 0 Å². The van der Waals surface area contributed by atoms with E-state index in [1.807, 2.05) is 18.4 Å². The monoisotopic (exact) mass is 319 g/mol. The number of hydrogen-bond donors (Lipinski definition) is 1. The van der Waals surface area contributed by atoms with Crippen molar-refractivity contribution in [1.29, 1.82) is 0 Å². The van der Waals surface area contributed by atoms with Gasteiger partial charge in [0.15, 0.2) is 0 Å². The molecule has 0 saturated heterocycles. The lowest BCUT2D eigenvalue weighted by atomic mass is 10.2. The average Bonchev–Trinajstić information content (AvgIpc) is 2.25. The Kier molecular flexibility index (Phi) is 4.77. The van der Waals surface area contributed by atoms with Gasteiger partial charge >= 0.3 is 12.1 Å². The zero-order valence-corrected chi connectivity index (χ0v) is 13.8. The van der Waals surface area contributed by atoms with Gasteiger partial charge in [-0.15, -0.1) is 0 Å². The van der Waals surface area contributed by atoms with Crippen LogP contribution >= 0.6 is 0 Å². The Labute approximate surface area is 123 Å². The summed E-state index contributed by atoms with van der Waals surface area (Å²) in [6, 6.07) is 6.02. The Morgan fingerprint density at radius 2 is 1.76 bits per heavy atom. The molecule has 118 valence electrons. The van der Waals surface area contributed by atoms with Crippen molar-refractivity contribution in [2.45, 2.75) is 45.1 Å². The van der Waals surface area contributed by atoms with E-state index >= 15 is 0 Å². The van der Waals surface area contributed by atoms with Crippen molar-refractivity contribution in [3.63, 3.8) is 0 Å². The predicted octanol–water partition coefficient (Wildman–Crippen LogP) is 4.57. The second-order valence-electron chi connectivity index (χ2n) is 6.34. The molecule has 0 unspecified atom stereocenters. The van der Waals surface area contributed by atoms with E-state index in [4.69, 9.17) is 4.43 Å². The average molecular weight is 319 g/mol. The van der Waals surface area contributed by atoms with Crippen molar-refractivity contribution in [2.24, 2.45) is 0 Å². The smallest absolute Gasteiger partial charge is 0.471 e. The molecule has 0 heterocycles. The summed E-state index contributed by atoms with van der Waals surface area (Å²) in [5.74, 6) is -1.53. The molecule has 3 nitrogen and oxygen atoms in total. The van der Waals surface area contributed by atoms with Gasteiger partial charge in [-0.2, -0.15) is 13.2 Å². The first kappa shape index (κ1) is 17.5. The molecule has 1 aromatic carbocycles. The van der Waals surface area contributed by atoms with Gasteiger partial charge in [0, 0.05) is 11.8 Å². The number of rotatable bonds is 3. The number of carbonyl (C=O) groups excluding carboxylic acids is 1. The maximum Gasteiger partial charge on any atom is 0.471 e. The van der Waals surface area contributed by atoms with Crippen LogP contribution in [0.2, 0.25) is 18.1 Å². The van der Waals surface area contributed by atoms with Crippen LogP contribution in [0.4, 0.5) is 18.9 Å². The lowest BCUT2D eigenvalue weighted by molar-refractivity contribution is -0.167. The summed E-state index contributed by atoms with van der Waals surface area (Å²) in [6.45, 7) is 10.3. The Hall–Kier alpha value is -1.50. The number of carbonyl (C=O) groups is 1. The highest BCUT2D eigenvalue weighted by atomic mass is 28.4. The molecule has 1 N–H and O–H groups in total. The second-order valence-corrected chi connectivity index (χ2v) is 11.1. The van der Waals surface area contributed by atoms with Crippen LogP contribution in [-0.4, -0.2) is 20.4 Å². The van der Waals surface area contributed by atoms with Crippen molar-refractivity contribution in [1.82, 2.24) is 0 Å². The van der Waals surface area contributed by atoms with Crippen LogP contribution in [0.25, 0.3) is 0 Å². The quantitative estimate of drug-likeness (QED) is 0.829. The van der Waals surface area contributed by atoms with Gasteiger partial charge in [0.25, 0.3) is 0 Å². The molecule has 7 heteroatoms. The molecule has 0 aliphatic carbocycles. The molecule has 0 aromatic heterocycles. The molecule has 1 rings (SSSR count). The molecule has 0 fully saturated rings. The molecule has 21 heavy (non-hydrogen) atoms. The number of nitrogens with one attached hydrogen (secondary N) is 1. The number of alkyl halides is 3. The fourth-order valence-electron chi connectivity index (χ4n) is 1.29. The van der Waals surface area contributed by atoms with E-state index in [1.165, 1.54) is 12.1 Å². The topological polar surface area (TPSA) is 38.3 Å². The van der Waals surface area contributed by atoms with Crippen LogP contribution in [0.15, 0.2) is 24.3 Å². The number of halogens is 3. The number of anilines is 1. The lowest BCUT2D eigenvalue weighted by Crippen LogP contribution is -2.43. The highest BCUT2D eigenvalue weighted by Crippen LogP contribution is 2.37. The summed E-state index contributed by atoms with van der Waals surface area (Å²) in [5.41, 5.74) is 0.0635. The number of amides is 1.